The minimum atomic E-state index is -0.880. The van der Waals surface area contributed by atoms with Crippen LogP contribution in [0.5, 0.6) is 0 Å². The van der Waals surface area contributed by atoms with Crippen LogP contribution in [-0.2, 0) is 36.7 Å². The van der Waals surface area contributed by atoms with Crippen molar-refractivity contribution in [3.63, 3.8) is 0 Å². The molecule has 0 saturated carbocycles. The number of amides is 3. The summed E-state index contributed by atoms with van der Waals surface area (Å²) in [5.74, 6) is -0.128. The largest absolute Gasteiger partial charge is 0.356 e. The van der Waals surface area contributed by atoms with E-state index < -0.39 is 25.1 Å². The second-order valence-electron chi connectivity index (χ2n) is 15.9. The SMILES string of the molecule is C.C.[C-]#[N+]CCOP(C)OCCCCCCNC(=O)CCC(C)=O.[C-]#[N+]CCOP(C)OCCCCCCNC(=O)c1ccc(C)cc1.[C-]#[N+]CCOP(C)OCCCCCCNC(=O)c1ccc(C=O)cc1. The summed E-state index contributed by atoms with van der Waals surface area (Å²) in [6.45, 7) is 35.7. The molecular weight excluding hydrogens is 990 g/mol. The molecule has 410 valence electrons. The molecule has 20 heteroatoms. The number of carbonyl (C=O) groups is 5. The Labute approximate surface area is 442 Å². The van der Waals surface area contributed by atoms with Gasteiger partial charge in [-0.3, -0.25) is 19.2 Å². The van der Waals surface area contributed by atoms with Gasteiger partial charge in [-0.2, -0.15) is 0 Å². The molecule has 3 amide bonds. The first-order valence-corrected chi connectivity index (χ1v) is 29.2. The highest BCUT2D eigenvalue weighted by atomic mass is 31.2. The molecule has 0 aliphatic heterocycles. The van der Waals surface area contributed by atoms with Gasteiger partial charge in [0.05, 0.1) is 19.8 Å². The zero-order valence-corrected chi connectivity index (χ0v) is 45.4. The van der Waals surface area contributed by atoms with Gasteiger partial charge >= 0.3 is 0 Å². The highest BCUT2D eigenvalue weighted by Crippen LogP contribution is 2.34. The quantitative estimate of drug-likeness (QED) is 0.0250. The van der Waals surface area contributed by atoms with Gasteiger partial charge in [0.15, 0.2) is 25.1 Å². The molecule has 0 heterocycles. The molecule has 3 atom stereocenters. The zero-order chi connectivity index (χ0) is 52.6. The lowest BCUT2D eigenvalue weighted by molar-refractivity contribution is -0.124. The van der Waals surface area contributed by atoms with Crippen molar-refractivity contribution in [3.05, 3.63) is 105 Å². The summed E-state index contributed by atoms with van der Waals surface area (Å²) in [6.07, 6.45) is 13.4. The standard InChI is InChI=1S/C18H25N2O4P.C18H27N2O3P.C15H27N2O4P.2CH4/c1-19-12-14-24-25(2)23-13-6-4-3-5-11-20-18(22)17-9-7-16(15-21)8-10-17;1-16-8-10-17(11-9-16)18(21)20-12-6-4-5-7-14-22-24(3)23-15-13-19-2;1-14(18)8-9-15(19)17-10-6-4-5-7-12-20-22(3)21-13-11-16-2;;/h7-10,15H,3-6,11-14H2,2H3,(H,20,22);8-11H,4-7,12-15H2,1,3H3,(H,20,21);4-13H2,1,3H3,(H,17,19);2*1H4. The number of hydrogen-bond donors (Lipinski definition) is 3. The number of nitrogens with one attached hydrogen (secondary N) is 3. The number of unbranched alkanes of at least 4 members (excludes halogenated alkanes) is 9. The van der Waals surface area contributed by atoms with E-state index in [0.29, 0.717) is 102 Å². The van der Waals surface area contributed by atoms with Crippen LogP contribution >= 0.6 is 25.1 Å². The molecule has 0 spiro atoms. The van der Waals surface area contributed by atoms with E-state index in [1.807, 2.05) is 51.2 Å². The minimum Gasteiger partial charge on any atom is -0.356 e. The van der Waals surface area contributed by atoms with E-state index in [4.69, 9.17) is 46.9 Å². The molecule has 0 radical (unpaired) electrons. The molecule has 2 rings (SSSR count). The summed E-state index contributed by atoms with van der Waals surface area (Å²) in [6, 6.07) is 14.2. The molecule has 3 unspecified atom stereocenters. The number of benzene rings is 2. The predicted molar refractivity (Wildman–Crippen MR) is 298 cm³/mol. The lowest BCUT2D eigenvalue weighted by atomic mass is 10.1. The van der Waals surface area contributed by atoms with Crippen LogP contribution in [-0.4, -0.2) is 129 Å². The van der Waals surface area contributed by atoms with Gasteiger partial charge in [0.1, 0.15) is 31.9 Å². The predicted octanol–water partition coefficient (Wildman–Crippen LogP) is 12.1. The van der Waals surface area contributed by atoms with Gasteiger partial charge in [0.25, 0.3) is 11.8 Å². The molecule has 0 bridgehead atoms. The molecule has 0 fully saturated rings. The van der Waals surface area contributed by atoms with Crippen LogP contribution in [0.1, 0.15) is 148 Å². The molecule has 3 N–H and O–H groups in total. The Morgan fingerprint density at radius 3 is 1.16 bits per heavy atom. The molecule has 73 heavy (non-hydrogen) atoms. The summed E-state index contributed by atoms with van der Waals surface area (Å²) in [5.41, 5.74) is 2.99. The topological polar surface area (TPSA) is 190 Å². The number of ketones is 1. The second-order valence-corrected chi connectivity index (χ2v) is 20.1. The average Bonchev–Trinajstić information content (AvgIpc) is 3.36. The maximum Gasteiger partial charge on any atom is 0.251 e. The number of nitrogens with zero attached hydrogens (tertiary/aromatic N) is 3. The fourth-order valence-electron chi connectivity index (χ4n) is 5.71. The van der Waals surface area contributed by atoms with E-state index in [2.05, 4.69) is 30.5 Å². The molecule has 0 aromatic heterocycles. The molecule has 0 saturated heterocycles. The maximum atomic E-state index is 11.9. The van der Waals surface area contributed by atoms with Gasteiger partial charge in [-0.25, -0.2) is 19.7 Å². The highest BCUT2D eigenvalue weighted by Gasteiger charge is 2.08. The third-order valence-electron chi connectivity index (χ3n) is 9.68. The van der Waals surface area contributed by atoms with Gasteiger partial charge in [-0.1, -0.05) is 83.2 Å². The van der Waals surface area contributed by atoms with Crippen LogP contribution in [0.2, 0.25) is 0 Å². The van der Waals surface area contributed by atoms with Crippen molar-refractivity contribution in [2.45, 2.75) is 119 Å². The average molecular weight is 1080 g/mol. The van der Waals surface area contributed by atoms with Crippen molar-refractivity contribution < 1.29 is 51.1 Å². The fourth-order valence-corrected chi connectivity index (χ4v) is 8.11. The van der Waals surface area contributed by atoms with Gasteiger partial charge in [0.2, 0.25) is 25.5 Å². The van der Waals surface area contributed by atoms with Crippen molar-refractivity contribution in [1.82, 2.24) is 16.0 Å². The van der Waals surface area contributed by atoms with Crippen LogP contribution in [0, 0.1) is 26.6 Å². The smallest absolute Gasteiger partial charge is 0.251 e. The van der Waals surface area contributed by atoms with Gasteiger partial charge in [-0.15, -0.1) is 0 Å². The summed E-state index contributed by atoms with van der Waals surface area (Å²) in [5, 5.41) is 8.63. The third-order valence-corrected chi connectivity index (χ3v) is 13.0. The lowest BCUT2D eigenvalue weighted by Crippen LogP contribution is -2.24. The summed E-state index contributed by atoms with van der Waals surface area (Å²) in [4.78, 5) is 66.2. The monoisotopic (exact) mass is 1080 g/mol. The van der Waals surface area contributed by atoms with E-state index in [9.17, 15) is 24.0 Å². The Morgan fingerprint density at radius 2 is 0.822 bits per heavy atom. The molecule has 0 aliphatic rings. The number of rotatable bonds is 39. The summed E-state index contributed by atoms with van der Waals surface area (Å²) < 4.78 is 32.8. The minimum absolute atomic E-state index is 0. The van der Waals surface area contributed by atoms with Crippen molar-refractivity contribution in [2.75, 3.05) is 98.9 Å². The number of Topliss-reactive ketones (excluding diaryl/α,β-unsaturated/α-hetero) is 1. The van der Waals surface area contributed by atoms with Crippen molar-refractivity contribution >= 4 is 54.9 Å². The van der Waals surface area contributed by atoms with E-state index in [-0.39, 0.29) is 44.8 Å². The van der Waals surface area contributed by atoms with Crippen molar-refractivity contribution in [1.29, 1.82) is 0 Å². The fraction of sp³-hybridized carbons (Fsp3) is 0.623. The van der Waals surface area contributed by atoms with Crippen LogP contribution in [0.3, 0.4) is 0 Å². The Kier molecular flexibility index (Phi) is 52.5. The number of carbonyl (C=O) groups excluding carboxylic acids is 5. The second kappa shape index (κ2) is 52.6. The van der Waals surface area contributed by atoms with E-state index in [0.717, 1.165) is 88.9 Å². The molecular formula is C53H87N6O11P3. The Morgan fingerprint density at radius 1 is 0.493 bits per heavy atom. The van der Waals surface area contributed by atoms with Crippen molar-refractivity contribution in [3.8, 4) is 0 Å². The van der Waals surface area contributed by atoms with Crippen LogP contribution in [0.4, 0.5) is 0 Å². The van der Waals surface area contributed by atoms with E-state index in [1.165, 1.54) is 6.92 Å². The summed E-state index contributed by atoms with van der Waals surface area (Å²) >= 11 is 0. The third kappa shape index (κ3) is 47.2. The molecule has 2 aromatic carbocycles. The van der Waals surface area contributed by atoms with Gasteiger partial charge < -0.3 is 62.4 Å². The van der Waals surface area contributed by atoms with E-state index >= 15 is 0 Å². The van der Waals surface area contributed by atoms with Gasteiger partial charge in [0, 0.05) is 69.2 Å². The van der Waals surface area contributed by atoms with E-state index in [1.54, 1.807) is 24.3 Å². The Bertz CT molecular complexity index is 1840. The highest BCUT2D eigenvalue weighted by molar-refractivity contribution is 7.46. The Hall–Kier alpha value is -4.29. The summed E-state index contributed by atoms with van der Waals surface area (Å²) in [7, 11) is -2.60. The van der Waals surface area contributed by atoms with Crippen LogP contribution in [0.15, 0.2) is 48.5 Å². The van der Waals surface area contributed by atoms with Gasteiger partial charge in [-0.05, 0) is 76.6 Å². The Balaban J connectivity index is -0.000000996. The zero-order valence-electron chi connectivity index (χ0n) is 42.8. The molecule has 2 aromatic rings. The lowest BCUT2D eigenvalue weighted by Gasteiger charge is -2.11. The van der Waals surface area contributed by atoms with Crippen LogP contribution < -0.4 is 16.0 Å². The number of hydrogen-bond acceptors (Lipinski definition) is 11. The first-order chi connectivity index (χ1) is 34.4. The number of aryl methyl sites for hydroxylation is 1. The molecule has 0 aliphatic carbocycles. The first-order valence-electron chi connectivity index (χ1n) is 24.3. The first kappa shape index (κ1) is 73.0. The number of aldehydes is 1. The van der Waals surface area contributed by atoms with Crippen molar-refractivity contribution in [2.24, 2.45) is 0 Å². The molecule has 17 nitrogen and oxygen atoms in total. The van der Waals surface area contributed by atoms with Crippen LogP contribution in [0.25, 0.3) is 14.5 Å². The normalized spacial score (nSPS) is 11.3. The maximum absolute atomic E-state index is 11.9.